The van der Waals surface area contributed by atoms with Crippen LogP contribution in [0.15, 0.2) is 60.7 Å². The lowest BCUT2D eigenvalue weighted by Crippen LogP contribution is -2.35. The number of nitrogens with zero attached hydrogens (tertiary/aromatic N) is 3. The molecule has 2 aromatic carbocycles. The number of amides is 1. The highest BCUT2D eigenvalue weighted by Crippen LogP contribution is 2.40. The molecular formula is C25H27N3O6. The van der Waals surface area contributed by atoms with Gasteiger partial charge in [-0.25, -0.2) is 0 Å². The van der Waals surface area contributed by atoms with Crippen molar-refractivity contribution in [2.75, 3.05) is 33.8 Å². The summed E-state index contributed by atoms with van der Waals surface area (Å²) in [7, 11) is 3.66. The van der Waals surface area contributed by atoms with Crippen LogP contribution in [0.25, 0.3) is 5.76 Å². The summed E-state index contributed by atoms with van der Waals surface area (Å²) in [4.78, 5) is 40.1. The number of nitro benzene ring substituents is 1. The van der Waals surface area contributed by atoms with E-state index in [2.05, 4.69) is 6.58 Å². The van der Waals surface area contributed by atoms with Crippen LogP contribution in [0.3, 0.4) is 0 Å². The molecule has 2 aromatic rings. The lowest BCUT2D eigenvalue weighted by molar-refractivity contribution is -0.384. The molecule has 0 spiro atoms. The molecule has 0 unspecified atom stereocenters. The number of Topliss-reactive ketones (excluding diaryl/α,β-unsaturated/α-hetero) is 1. The molecule has 1 aliphatic heterocycles. The van der Waals surface area contributed by atoms with Gasteiger partial charge in [-0.3, -0.25) is 19.7 Å². The number of aliphatic hydroxyl groups is 1. The monoisotopic (exact) mass is 465 g/mol. The zero-order valence-electron chi connectivity index (χ0n) is 19.4. The Balaban J connectivity index is 2.16. The van der Waals surface area contributed by atoms with E-state index >= 15 is 0 Å². The van der Waals surface area contributed by atoms with Crippen LogP contribution < -0.4 is 4.74 Å². The maximum atomic E-state index is 13.1. The smallest absolute Gasteiger partial charge is 0.295 e. The van der Waals surface area contributed by atoms with Crippen molar-refractivity contribution in [3.63, 3.8) is 0 Å². The van der Waals surface area contributed by atoms with E-state index in [-0.39, 0.29) is 23.6 Å². The van der Waals surface area contributed by atoms with E-state index in [1.54, 1.807) is 37.3 Å². The van der Waals surface area contributed by atoms with E-state index in [0.29, 0.717) is 35.6 Å². The van der Waals surface area contributed by atoms with Gasteiger partial charge in [-0.05, 0) is 50.3 Å². The predicted octanol–water partition coefficient (Wildman–Crippen LogP) is 3.45. The van der Waals surface area contributed by atoms with E-state index < -0.39 is 22.7 Å². The molecule has 0 radical (unpaired) electrons. The highest BCUT2D eigenvalue weighted by atomic mass is 16.6. The van der Waals surface area contributed by atoms with Crippen LogP contribution >= 0.6 is 0 Å². The first-order chi connectivity index (χ1) is 16.1. The van der Waals surface area contributed by atoms with Crippen molar-refractivity contribution in [3.05, 3.63) is 87.5 Å². The van der Waals surface area contributed by atoms with Crippen LogP contribution in [-0.4, -0.2) is 65.3 Å². The number of ketones is 1. The number of nitro groups is 1. The van der Waals surface area contributed by atoms with Gasteiger partial charge in [0.2, 0.25) is 0 Å². The minimum absolute atomic E-state index is 0.105. The minimum Gasteiger partial charge on any atom is -0.507 e. The fraction of sp³-hybridized carbons (Fsp3) is 0.280. The van der Waals surface area contributed by atoms with Gasteiger partial charge < -0.3 is 19.6 Å². The molecule has 1 fully saturated rings. The summed E-state index contributed by atoms with van der Waals surface area (Å²) in [6.45, 7) is 6.34. The molecule has 0 bridgehead atoms. The normalized spacial score (nSPS) is 17.3. The van der Waals surface area contributed by atoms with Crippen molar-refractivity contribution >= 4 is 23.1 Å². The number of carbonyl (C=O) groups is 2. The molecule has 1 aliphatic rings. The summed E-state index contributed by atoms with van der Waals surface area (Å²) >= 11 is 0. The van der Waals surface area contributed by atoms with Gasteiger partial charge in [0.25, 0.3) is 17.4 Å². The highest BCUT2D eigenvalue weighted by Gasteiger charge is 2.46. The van der Waals surface area contributed by atoms with Crippen molar-refractivity contribution in [1.29, 1.82) is 0 Å². The van der Waals surface area contributed by atoms with Crippen molar-refractivity contribution in [1.82, 2.24) is 9.80 Å². The number of ether oxygens (including phenoxy) is 1. The largest absolute Gasteiger partial charge is 0.507 e. The molecule has 0 aliphatic carbocycles. The van der Waals surface area contributed by atoms with Crippen LogP contribution in [0, 0.1) is 17.0 Å². The standard InChI is InChI=1S/C25H27N3O6/c1-5-13-34-19-9-10-20(16(2)14-19)23(29)21-22(17-7-6-8-18(15-17)28(32)33)27(12-11-26(3)4)25(31)24(21)30/h5-10,14-15,22,29H,1,11-13H2,2-4H3/t22-/m1/s1. The molecule has 1 heterocycles. The van der Waals surface area contributed by atoms with E-state index in [0.717, 1.165) is 0 Å². The second kappa shape index (κ2) is 10.3. The number of hydrogen-bond acceptors (Lipinski definition) is 7. The van der Waals surface area contributed by atoms with Gasteiger partial charge in [0, 0.05) is 30.8 Å². The molecule has 3 rings (SSSR count). The van der Waals surface area contributed by atoms with Crippen LogP contribution in [0.4, 0.5) is 5.69 Å². The Bertz CT molecular complexity index is 1170. The molecule has 0 saturated carbocycles. The molecule has 0 aromatic heterocycles. The molecule has 1 N–H and O–H groups in total. The van der Waals surface area contributed by atoms with E-state index in [4.69, 9.17) is 4.74 Å². The maximum absolute atomic E-state index is 13.1. The quantitative estimate of drug-likeness (QED) is 0.151. The second-order valence-electron chi connectivity index (χ2n) is 8.22. The molecule has 9 nitrogen and oxygen atoms in total. The Morgan fingerprint density at radius 2 is 2.00 bits per heavy atom. The first kappa shape index (κ1) is 24.7. The molecule has 34 heavy (non-hydrogen) atoms. The number of aryl methyl sites for hydroxylation is 1. The number of carbonyl (C=O) groups excluding carboxylic acids is 2. The third-order valence-corrected chi connectivity index (χ3v) is 5.55. The molecule has 1 amide bonds. The average Bonchev–Trinajstić information content (AvgIpc) is 3.06. The van der Waals surface area contributed by atoms with Crippen LogP contribution in [0.1, 0.15) is 22.7 Å². The summed E-state index contributed by atoms with van der Waals surface area (Å²) in [5.41, 5.74) is 1.10. The fourth-order valence-electron chi connectivity index (χ4n) is 3.87. The zero-order chi connectivity index (χ0) is 25.0. The topological polar surface area (TPSA) is 113 Å². The number of likely N-dealkylation sites (tertiary alicyclic amines) is 1. The van der Waals surface area contributed by atoms with E-state index in [9.17, 15) is 24.8 Å². The third kappa shape index (κ3) is 4.99. The summed E-state index contributed by atoms with van der Waals surface area (Å²) in [5.74, 6) is -1.37. The number of benzene rings is 2. The molecule has 178 valence electrons. The average molecular weight is 466 g/mol. The van der Waals surface area contributed by atoms with Gasteiger partial charge in [0.1, 0.15) is 18.1 Å². The summed E-state index contributed by atoms with van der Waals surface area (Å²) in [5, 5.41) is 22.6. The van der Waals surface area contributed by atoms with Crippen LogP contribution in [0.5, 0.6) is 5.75 Å². The van der Waals surface area contributed by atoms with Crippen molar-refractivity contribution in [2.24, 2.45) is 0 Å². The lowest BCUT2D eigenvalue weighted by Gasteiger charge is -2.26. The highest BCUT2D eigenvalue weighted by molar-refractivity contribution is 6.46. The number of aliphatic hydroxyl groups excluding tert-OH is 1. The molecule has 1 saturated heterocycles. The van der Waals surface area contributed by atoms with Crippen molar-refractivity contribution < 1.29 is 24.4 Å². The summed E-state index contributed by atoms with van der Waals surface area (Å²) < 4.78 is 5.52. The first-order valence-electron chi connectivity index (χ1n) is 10.7. The lowest BCUT2D eigenvalue weighted by atomic mass is 9.93. The van der Waals surface area contributed by atoms with Gasteiger partial charge in [0.15, 0.2) is 0 Å². The second-order valence-corrected chi connectivity index (χ2v) is 8.22. The number of likely N-dealkylation sites (N-methyl/N-ethyl adjacent to an activating group) is 1. The number of hydrogen-bond donors (Lipinski definition) is 1. The SMILES string of the molecule is C=CCOc1ccc(C(O)=C2C(=O)C(=O)N(CCN(C)C)[C@@H]2c2cccc([N+](=O)[O-])c2)c(C)c1. The Morgan fingerprint density at radius 1 is 1.26 bits per heavy atom. The summed E-state index contributed by atoms with van der Waals surface area (Å²) in [6.07, 6.45) is 1.61. The van der Waals surface area contributed by atoms with Crippen molar-refractivity contribution in [3.8, 4) is 5.75 Å². The van der Waals surface area contributed by atoms with Gasteiger partial charge in [0.05, 0.1) is 16.5 Å². The minimum atomic E-state index is -0.962. The van der Waals surface area contributed by atoms with Crippen LogP contribution in [-0.2, 0) is 9.59 Å². The Kier molecular flexibility index (Phi) is 7.47. The maximum Gasteiger partial charge on any atom is 0.295 e. The van der Waals surface area contributed by atoms with E-state index in [1.807, 2.05) is 19.0 Å². The Morgan fingerprint density at radius 3 is 2.62 bits per heavy atom. The first-order valence-corrected chi connectivity index (χ1v) is 10.7. The summed E-state index contributed by atoms with van der Waals surface area (Å²) in [6, 6.07) is 9.78. The van der Waals surface area contributed by atoms with Gasteiger partial charge in [-0.15, -0.1) is 0 Å². The fourth-order valence-corrected chi connectivity index (χ4v) is 3.87. The Hall–Kier alpha value is -3.98. The van der Waals surface area contributed by atoms with Gasteiger partial charge in [-0.1, -0.05) is 24.8 Å². The van der Waals surface area contributed by atoms with Crippen molar-refractivity contribution in [2.45, 2.75) is 13.0 Å². The van der Waals surface area contributed by atoms with Crippen LogP contribution in [0.2, 0.25) is 0 Å². The number of rotatable bonds is 9. The van der Waals surface area contributed by atoms with Gasteiger partial charge >= 0.3 is 0 Å². The van der Waals surface area contributed by atoms with Gasteiger partial charge in [-0.2, -0.15) is 0 Å². The number of non-ortho nitro benzene ring substituents is 1. The molecule has 1 atom stereocenters. The van der Waals surface area contributed by atoms with E-state index in [1.165, 1.54) is 23.1 Å². The Labute approximate surface area is 197 Å². The molecule has 9 heteroatoms. The predicted molar refractivity (Wildman–Crippen MR) is 128 cm³/mol. The zero-order valence-corrected chi connectivity index (χ0v) is 19.4. The molecular weight excluding hydrogens is 438 g/mol. The third-order valence-electron chi connectivity index (χ3n) is 5.55.